The van der Waals surface area contributed by atoms with Crippen molar-refractivity contribution in [3.63, 3.8) is 0 Å². The first-order valence-electron chi connectivity index (χ1n) is 5.86. The summed E-state index contributed by atoms with van der Waals surface area (Å²) in [4.78, 5) is 26.3. The van der Waals surface area contributed by atoms with E-state index in [9.17, 15) is 14.9 Å². The Balaban J connectivity index is 2.24. The van der Waals surface area contributed by atoms with Gasteiger partial charge in [-0.15, -0.1) is 0 Å². The maximum absolute atomic E-state index is 12.1. The van der Waals surface area contributed by atoms with Crippen molar-refractivity contribution in [2.24, 2.45) is 0 Å². The maximum atomic E-state index is 12.1. The first kappa shape index (κ1) is 14.9. The quantitative estimate of drug-likeness (QED) is 0.502. The van der Waals surface area contributed by atoms with E-state index in [0.717, 1.165) is 10.0 Å². The van der Waals surface area contributed by atoms with Gasteiger partial charge in [-0.1, -0.05) is 0 Å². The lowest BCUT2D eigenvalue weighted by Gasteiger charge is -2.08. The van der Waals surface area contributed by atoms with Gasteiger partial charge in [-0.3, -0.25) is 14.9 Å². The van der Waals surface area contributed by atoms with E-state index in [1.807, 2.05) is 6.07 Å². The third-order valence-corrected chi connectivity index (χ3v) is 3.20. The molecule has 1 aromatic heterocycles. The highest BCUT2D eigenvalue weighted by Crippen LogP contribution is 2.23. The number of nitrogens with two attached hydrogens (primary N) is 1. The molecule has 21 heavy (non-hydrogen) atoms. The largest absolute Gasteiger partial charge is 0.393 e. The molecule has 0 saturated heterocycles. The number of pyridine rings is 1. The number of benzene rings is 1. The zero-order chi connectivity index (χ0) is 15.6. The Morgan fingerprint density at radius 3 is 2.71 bits per heavy atom. The number of carbonyl (C=O) groups excluding carboxylic acids is 1. The van der Waals surface area contributed by atoms with Crippen LogP contribution < -0.4 is 11.1 Å². The Hall–Kier alpha value is -2.48. The van der Waals surface area contributed by atoms with Crippen molar-refractivity contribution in [2.45, 2.75) is 6.92 Å². The number of aryl methyl sites for hydroxylation is 1. The molecule has 0 aliphatic rings. The van der Waals surface area contributed by atoms with Crippen molar-refractivity contribution < 1.29 is 9.72 Å². The summed E-state index contributed by atoms with van der Waals surface area (Å²) >= 11 is 3.28. The van der Waals surface area contributed by atoms with Gasteiger partial charge in [0.05, 0.1) is 4.92 Å². The van der Waals surface area contributed by atoms with Crippen LogP contribution in [0.1, 0.15) is 15.9 Å². The van der Waals surface area contributed by atoms with E-state index in [1.165, 1.54) is 18.2 Å². The van der Waals surface area contributed by atoms with E-state index in [2.05, 4.69) is 26.2 Å². The van der Waals surface area contributed by atoms with Crippen LogP contribution in [0.25, 0.3) is 0 Å². The highest BCUT2D eigenvalue weighted by atomic mass is 79.9. The summed E-state index contributed by atoms with van der Waals surface area (Å²) < 4.78 is 0.803. The fourth-order valence-electron chi connectivity index (χ4n) is 1.71. The summed E-state index contributed by atoms with van der Waals surface area (Å²) in [6, 6.07) is 5.62. The third-order valence-electron chi connectivity index (χ3n) is 2.76. The molecule has 0 aliphatic heterocycles. The second kappa shape index (κ2) is 5.88. The number of nitro benzene ring substituents is 1. The average molecular weight is 351 g/mol. The molecule has 0 fully saturated rings. The second-order valence-electron chi connectivity index (χ2n) is 4.30. The molecule has 8 heteroatoms. The Labute approximate surface area is 128 Å². The van der Waals surface area contributed by atoms with Gasteiger partial charge in [0, 0.05) is 22.3 Å². The monoisotopic (exact) mass is 350 g/mol. The first-order chi connectivity index (χ1) is 9.88. The summed E-state index contributed by atoms with van der Waals surface area (Å²) in [6.07, 6.45) is 1.56. The molecule has 0 bridgehead atoms. The van der Waals surface area contributed by atoms with Crippen LogP contribution in [0.5, 0.6) is 0 Å². The van der Waals surface area contributed by atoms with E-state index in [4.69, 9.17) is 5.73 Å². The Morgan fingerprint density at radius 1 is 1.43 bits per heavy atom. The highest BCUT2D eigenvalue weighted by Gasteiger charge is 2.15. The number of amides is 1. The molecule has 1 amide bonds. The Bertz CT molecular complexity index is 733. The summed E-state index contributed by atoms with van der Waals surface area (Å²) in [5.74, 6) is -0.0188. The number of halogens is 1. The molecular formula is C13H11BrN4O3. The van der Waals surface area contributed by atoms with Crippen LogP contribution in [0.15, 0.2) is 34.9 Å². The summed E-state index contributed by atoms with van der Waals surface area (Å²) in [7, 11) is 0. The van der Waals surface area contributed by atoms with E-state index < -0.39 is 10.8 Å². The molecule has 0 spiro atoms. The number of nitro groups is 1. The van der Waals surface area contributed by atoms with Gasteiger partial charge in [0.15, 0.2) is 0 Å². The van der Waals surface area contributed by atoms with Crippen LogP contribution in [-0.4, -0.2) is 15.8 Å². The normalized spacial score (nSPS) is 10.2. The Kier molecular flexibility index (Phi) is 4.18. The van der Waals surface area contributed by atoms with Crippen molar-refractivity contribution >= 4 is 39.0 Å². The van der Waals surface area contributed by atoms with Gasteiger partial charge >= 0.3 is 0 Å². The molecule has 0 radical (unpaired) electrons. The fraction of sp³-hybridized carbons (Fsp3) is 0.0769. The number of hydrogen-bond acceptors (Lipinski definition) is 5. The molecule has 0 saturated carbocycles. The molecule has 7 nitrogen and oxygen atoms in total. The number of nitrogens with zero attached hydrogens (tertiary/aromatic N) is 2. The SMILES string of the molecule is Cc1cc(Br)cnc1NC(=O)c1ccc([N+](=O)[O-])c(N)c1. The van der Waals surface area contributed by atoms with Crippen molar-refractivity contribution in [3.05, 3.63) is 56.2 Å². The standard InChI is InChI=1S/C13H11BrN4O3/c1-7-4-9(14)6-16-12(7)17-13(19)8-2-3-11(18(20)21)10(15)5-8/h2-6H,15H2,1H3,(H,16,17,19). The van der Waals surface area contributed by atoms with Gasteiger partial charge in [-0.25, -0.2) is 4.98 Å². The van der Waals surface area contributed by atoms with Crippen LogP contribution in [0, 0.1) is 17.0 Å². The zero-order valence-corrected chi connectivity index (χ0v) is 12.5. The molecule has 108 valence electrons. The molecule has 2 rings (SSSR count). The number of carbonyl (C=O) groups is 1. The van der Waals surface area contributed by atoms with Crippen LogP contribution >= 0.6 is 15.9 Å². The highest BCUT2D eigenvalue weighted by molar-refractivity contribution is 9.10. The van der Waals surface area contributed by atoms with Crippen molar-refractivity contribution in [1.82, 2.24) is 4.98 Å². The smallest absolute Gasteiger partial charge is 0.292 e. The van der Waals surface area contributed by atoms with Gasteiger partial charge in [0.1, 0.15) is 11.5 Å². The lowest BCUT2D eigenvalue weighted by molar-refractivity contribution is -0.383. The van der Waals surface area contributed by atoms with Crippen molar-refractivity contribution in [3.8, 4) is 0 Å². The minimum atomic E-state index is -0.600. The van der Waals surface area contributed by atoms with Gasteiger partial charge in [0.25, 0.3) is 11.6 Å². The van der Waals surface area contributed by atoms with Gasteiger partial charge in [-0.05, 0) is 46.6 Å². The number of anilines is 2. The van der Waals surface area contributed by atoms with Gasteiger partial charge in [-0.2, -0.15) is 0 Å². The summed E-state index contributed by atoms with van der Waals surface area (Å²) in [5.41, 5.74) is 6.27. The molecule has 0 unspecified atom stereocenters. The number of rotatable bonds is 3. The number of nitrogen functional groups attached to an aromatic ring is 1. The molecule has 0 atom stereocenters. The number of nitrogens with one attached hydrogen (secondary N) is 1. The molecule has 1 heterocycles. The third kappa shape index (κ3) is 3.34. The van der Waals surface area contributed by atoms with E-state index in [-0.39, 0.29) is 16.9 Å². The average Bonchev–Trinajstić information content (AvgIpc) is 2.41. The fourth-order valence-corrected chi connectivity index (χ4v) is 2.16. The molecular weight excluding hydrogens is 340 g/mol. The van der Waals surface area contributed by atoms with E-state index >= 15 is 0 Å². The first-order valence-corrected chi connectivity index (χ1v) is 6.65. The van der Waals surface area contributed by atoms with Crippen LogP contribution in [0.2, 0.25) is 0 Å². The lowest BCUT2D eigenvalue weighted by Crippen LogP contribution is -2.14. The predicted molar refractivity (Wildman–Crippen MR) is 82.1 cm³/mol. The van der Waals surface area contributed by atoms with Gasteiger partial charge in [0.2, 0.25) is 0 Å². The second-order valence-corrected chi connectivity index (χ2v) is 5.22. The van der Waals surface area contributed by atoms with E-state index in [0.29, 0.717) is 5.82 Å². The Morgan fingerprint density at radius 2 is 2.14 bits per heavy atom. The van der Waals surface area contributed by atoms with Crippen molar-refractivity contribution in [1.29, 1.82) is 0 Å². The van der Waals surface area contributed by atoms with Crippen LogP contribution in [0.3, 0.4) is 0 Å². The van der Waals surface area contributed by atoms with Gasteiger partial charge < -0.3 is 11.1 Å². The number of aromatic nitrogens is 1. The van der Waals surface area contributed by atoms with Crippen molar-refractivity contribution in [2.75, 3.05) is 11.1 Å². The summed E-state index contributed by atoms with van der Waals surface area (Å²) in [5, 5.41) is 13.3. The molecule has 0 aliphatic carbocycles. The minimum Gasteiger partial charge on any atom is -0.393 e. The predicted octanol–water partition coefficient (Wildman–Crippen LogP) is 2.90. The molecule has 3 N–H and O–H groups in total. The van der Waals surface area contributed by atoms with Crippen LogP contribution in [0.4, 0.5) is 17.2 Å². The molecule has 1 aromatic carbocycles. The number of hydrogen-bond donors (Lipinski definition) is 2. The minimum absolute atomic E-state index is 0.0619. The molecule has 2 aromatic rings. The zero-order valence-electron chi connectivity index (χ0n) is 11.0. The van der Waals surface area contributed by atoms with Crippen LogP contribution in [-0.2, 0) is 0 Å². The summed E-state index contributed by atoms with van der Waals surface area (Å²) in [6.45, 7) is 1.80. The topological polar surface area (TPSA) is 111 Å². The van der Waals surface area contributed by atoms with E-state index in [1.54, 1.807) is 13.1 Å². The maximum Gasteiger partial charge on any atom is 0.292 e. The lowest BCUT2D eigenvalue weighted by atomic mass is 10.1.